The second-order valence-corrected chi connectivity index (χ2v) is 8.35. The minimum absolute atomic E-state index is 0. The van der Waals surface area contributed by atoms with Gasteiger partial charge < -0.3 is 11.1 Å². The average Bonchev–Trinajstić information content (AvgIpc) is 2.47. The number of aryl methyl sites for hydroxylation is 2. The van der Waals surface area contributed by atoms with E-state index in [4.69, 9.17) is 5.73 Å². The summed E-state index contributed by atoms with van der Waals surface area (Å²) in [6.45, 7) is 4.21. The number of nitrogens with one attached hydrogen (secondary N) is 1. The van der Waals surface area contributed by atoms with Crippen LogP contribution in [0.3, 0.4) is 0 Å². The number of benzene rings is 1. The van der Waals surface area contributed by atoms with Gasteiger partial charge in [0.2, 0.25) is 5.91 Å². The van der Waals surface area contributed by atoms with Gasteiger partial charge in [0.15, 0.2) is 0 Å². The third-order valence-electron chi connectivity index (χ3n) is 5.39. The Bertz CT molecular complexity index is 566. The average molecular weight is 369 g/mol. The van der Waals surface area contributed by atoms with Crippen molar-refractivity contribution in [1.29, 1.82) is 0 Å². The maximum atomic E-state index is 12.4. The number of carbonyl (C=O) groups is 1. The maximum Gasteiger partial charge on any atom is 0.230 e. The van der Waals surface area contributed by atoms with Crippen molar-refractivity contribution in [2.45, 2.75) is 62.9 Å². The monoisotopic (exact) mass is 368 g/mol. The van der Waals surface area contributed by atoms with E-state index in [9.17, 15) is 4.79 Å². The normalized spacial score (nSPS) is 28.8. The van der Waals surface area contributed by atoms with E-state index in [1.807, 2.05) is 0 Å². The lowest BCUT2D eigenvalue weighted by atomic mass is 9.67. The summed E-state index contributed by atoms with van der Waals surface area (Å²) >= 11 is 1.64. The van der Waals surface area contributed by atoms with Crippen LogP contribution in [0.1, 0.15) is 43.2 Å². The molecule has 2 aliphatic rings. The van der Waals surface area contributed by atoms with Gasteiger partial charge in [0.25, 0.3) is 0 Å². The predicted molar refractivity (Wildman–Crippen MR) is 104 cm³/mol. The maximum absolute atomic E-state index is 12.4. The van der Waals surface area contributed by atoms with Crippen molar-refractivity contribution < 1.29 is 4.79 Å². The minimum Gasteiger partial charge on any atom is -0.352 e. The molecular formula is C19H29ClN2OS. The van der Waals surface area contributed by atoms with E-state index >= 15 is 0 Å². The highest BCUT2D eigenvalue weighted by atomic mass is 35.5. The Morgan fingerprint density at radius 3 is 2.54 bits per heavy atom. The number of thioether (sulfide) groups is 1. The van der Waals surface area contributed by atoms with Gasteiger partial charge in [-0.3, -0.25) is 4.79 Å². The standard InChI is InChI=1S/C19H28N2OS.ClH/c1-12-6-7-17(13(2)8-12)23-11-18(22)21-19-14-4-3-5-15(19)10-16(20)9-14;/h6-8,14-16,19H,3-5,9-11,20H2,1-2H3,(H,21,22);1H. The second kappa shape index (κ2) is 8.59. The molecule has 24 heavy (non-hydrogen) atoms. The third kappa shape index (κ3) is 4.68. The smallest absolute Gasteiger partial charge is 0.230 e. The van der Waals surface area contributed by atoms with E-state index < -0.39 is 0 Å². The number of fused-ring (bicyclic) bond motifs is 2. The highest BCUT2D eigenvalue weighted by molar-refractivity contribution is 8.00. The third-order valence-corrected chi connectivity index (χ3v) is 6.57. The molecule has 0 spiro atoms. The number of hydrogen-bond acceptors (Lipinski definition) is 3. The van der Waals surface area contributed by atoms with Gasteiger partial charge in [0, 0.05) is 17.0 Å². The molecule has 0 radical (unpaired) electrons. The molecule has 1 aromatic rings. The van der Waals surface area contributed by atoms with Crippen molar-refractivity contribution in [1.82, 2.24) is 5.32 Å². The molecule has 3 nitrogen and oxygen atoms in total. The van der Waals surface area contributed by atoms with E-state index in [0.29, 0.717) is 29.7 Å². The molecule has 5 heteroatoms. The quantitative estimate of drug-likeness (QED) is 0.794. The molecule has 2 bridgehead atoms. The summed E-state index contributed by atoms with van der Waals surface area (Å²) in [5.74, 6) is 1.86. The zero-order valence-electron chi connectivity index (χ0n) is 14.6. The van der Waals surface area contributed by atoms with Gasteiger partial charge in [-0.25, -0.2) is 0 Å². The fourth-order valence-electron chi connectivity index (χ4n) is 4.36. The molecule has 0 aromatic heterocycles. The number of nitrogens with two attached hydrogens (primary N) is 1. The van der Waals surface area contributed by atoms with Gasteiger partial charge in [-0.15, -0.1) is 24.2 Å². The number of carbonyl (C=O) groups excluding carboxylic acids is 1. The number of hydrogen-bond donors (Lipinski definition) is 2. The SMILES string of the molecule is Cc1ccc(SCC(=O)NC2C3CCCC2CC(N)C3)c(C)c1.Cl. The minimum atomic E-state index is 0. The first-order chi connectivity index (χ1) is 11.0. The van der Waals surface area contributed by atoms with Crippen LogP contribution in [0.2, 0.25) is 0 Å². The lowest BCUT2D eigenvalue weighted by Crippen LogP contribution is -2.54. The van der Waals surface area contributed by atoms with E-state index in [2.05, 4.69) is 37.4 Å². The van der Waals surface area contributed by atoms with Crippen molar-refractivity contribution in [2.75, 3.05) is 5.75 Å². The Morgan fingerprint density at radius 1 is 1.25 bits per heavy atom. The van der Waals surface area contributed by atoms with Crippen LogP contribution in [-0.4, -0.2) is 23.7 Å². The van der Waals surface area contributed by atoms with Gasteiger partial charge in [-0.2, -0.15) is 0 Å². The Hall–Kier alpha value is -0.710. The Balaban J connectivity index is 0.00000208. The topological polar surface area (TPSA) is 55.1 Å². The molecule has 0 saturated heterocycles. The fourth-order valence-corrected chi connectivity index (χ4v) is 5.18. The van der Waals surface area contributed by atoms with Crippen molar-refractivity contribution in [3.05, 3.63) is 29.3 Å². The van der Waals surface area contributed by atoms with Gasteiger partial charge >= 0.3 is 0 Å². The summed E-state index contributed by atoms with van der Waals surface area (Å²) in [6, 6.07) is 7.10. The van der Waals surface area contributed by atoms with Gasteiger partial charge in [0.05, 0.1) is 5.75 Å². The Labute approximate surface area is 155 Å². The van der Waals surface area contributed by atoms with Crippen molar-refractivity contribution >= 4 is 30.1 Å². The molecule has 3 N–H and O–H groups in total. The van der Waals surface area contributed by atoms with Gasteiger partial charge in [-0.05, 0) is 63.0 Å². The summed E-state index contributed by atoms with van der Waals surface area (Å²) < 4.78 is 0. The molecular weight excluding hydrogens is 340 g/mol. The molecule has 2 fully saturated rings. The number of halogens is 1. The summed E-state index contributed by atoms with van der Waals surface area (Å²) in [6.07, 6.45) is 5.89. The van der Waals surface area contributed by atoms with E-state index in [0.717, 1.165) is 12.8 Å². The fraction of sp³-hybridized carbons (Fsp3) is 0.632. The number of rotatable bonds is 4. The lowest BCUT2D eigenvalue weighted by molar-refractivity contribution is -0.120. The molecule has 2 unspecified atom stereocenters. The summed E-state index contributed by atoms with van der Waals surface area (Å²) in [4.78, 5) is 13.6. The Kier molecular flexibility index (Phi) is 7.02. The molecule has 2 aliphatic carbocycles. The van der Waals surface area contributed by atoms with Crippen molar-refractivity contribution in [3.63, 3.8) is 0 Å². The zero-order chi connectivity index (χ0) is 16.4. The molecule has 1 amide bonds. The van der Waals surface area contributed by atoms with Crippen molar-refractivity contribution in [2.24, 2.45) is 17.6 Å². The predicted octanol–water partition coefficient (Wildman–Crippen LogP) is 3.84. The van der Waals surface area contributed by atoms with Crippen LogP contribution in [0, 0.1) is 25.7 Å². The molecule has 0 heterocycles. The first-order valence-electron chi connectivity index (χ1n) is 8.78. The highest BCUT2D eigenvalue weighted by Gasteiger charge is 2.39. The van der Waals surface area contributed by atoms with Crippen molar-refractivity contribution in [3.8, 4) is 0 Å². The van der Waals surface area contributed by atoms with E-state index in [1.165, 1.54) is 35.3 Å². The van der Waals surface area contributed by atoms with Crippen LogP contribution in [0.4, 0.5) is 0 Å². The largest absolute Gasteiger partial charge is 0.352 e. The first-order valence-corrected chi connectivity index (χ1v) is 9.76. The van der Waals surface area contributed by atoms with Crippen LogP contribution in [0.15, 0.2) is 23.1 Å². The van der Waals surface area contributed by atoms with Gasteiger partial charge in [-0.1, -0.05) is 24.1 Å². The number of amides is 1. The first kappa shape index (κ1) is 19.6. The molecule has 1 aromatic carbocycles. The molecule has 3 rings (SSSR count). The summed E-state index contributed by atoms with van der Waals surface area (Å²) in [5, 5.41) is 3.33. The Morgan fingerprint density at radius 2 is 1.92 bits per heavy atom. The van der Waals surface area contributed by atoms with Crippen LogP contribution in [0.25, 0.3) is 0 Å². The molecule has 2 atom stereocenters. The van der Waals surface area contributed by atoms with E-state index in [1.54, 1.807) is 11.8 Å². The molecule has 0 aliphatic heterocycles. The van der Waals surface area contributed by atoms with Crippen LogP contribution in [0.5, 0.6) is 0 Å². The van der Waals surface area contributed by atoms with Crippen LogP contribution in [-0.2, 0) is 4.79 Å². The lowest BCUT2D eigenvalue weighted by Gasteiger charge is -2.45. The van der Waals surface area contributed by atoms with Crippen LogP contribution >= 0.6 is 24.2 Å². The molecule has 2 saturated carbocycles. The summed E-state index contributed by atoms with van der Waals surface area (Å²) in [5.41, 5.74) is 8.68. The zero-order valence-corrected chi connectivity index (χ0v) is 16.2. The summed E-state index contributed by atoms with van der Waals surface area (Å²) in [7, 11) is 0. The molecule has 134 valence electrons. The highest BCUT2D eigenvalue weighted by Crippen LogP contribution is 2.39. The van der Waals surface area contributed by atoms with E-state index in [-0.39, 0.29) is 18.3 Å². The second-order valence-electron chi connectivity index (χ2n) is 7.33. The van der Waals surface area contributed by atoms with Gasteiger partial charge in [0.1, 0.15) is 0 Å². The van der Waals surface area contributed by atoms with Crippen LogP contribution < -0.4 is 11.1 Å².